The SMILES string of the molecule is CCNC(=NCc1c(C)nn(C)c1C)NC1C2CCOC2C12CCCC2.I. The van der Waals surface area contributed by atoms with Gasteiger partial charge in [0.25, 0.3) is 0 Å². The Hall–Kier alpha value is -0.830. The van der Waals surface area contributed by atoms with E-state index in [-0.39, 0.29) is 24.0 Å². The molecule has 0 aromatic carbocycles. The summed E-state index contributed by atoms with van der Waals surface area (Å²) in [5.74, 6) is 1.59. The molecular weight excluding hydrogens is 453 g/mol. The molecule has 3 atom stereocenters. The second-order valence-corrected chi connectivity index (χ2v) is 8.27. The number of halogens is 1. The highest BCUT2D eigenvalue weighted by Crippen LogP contribution is 2.60. The van der Waals surface area contributed by atoms with E-state index in [2.05, 4.69) is 36.5 Å². The Kier molecular flexibility index (Phi) is 6.40. The van der Waals surface area contributed by atoms with Crippen LogP contribution >= 0.6 is 24.0 Å². The topological polar surface area (TPSA) is 63.5 Å². The number of rotatable bonds is 4. The van der Waals surface area contributed by atoms with Crippen LogP contribution in [0.25, 0.3) is 0 Å². The first-order valence-corrected chi connectivity index (χ1v) is 10.2. The van der Waals surface area contributed by atoms with E-state index in [1.807, 2.05) is 11.7 Å². The number of aryl methyl sites for hydroxylation is 2. The van der Waals surface area contributed by atoms with Gasteiger partial charge in [-0.3, -0.25) is 4.68 Å². The Bertz CT molecular complexity index is 695. The number of nitrogens with zero attached hydrogens (tertiary/aromatic N) is 3. The summed E-state index contributed by atoms with van der Waals surface area (Å²) in [5.41, 5.74) is 3.85. The zero-order valence-electron chi connectivity index (χ0n) is 17.0. The van der Waals surface area contributed by atoms with Crippen molar-refractivity contribution in [2.45, 2.75) is 71.6 Å². The van der Waals surface area contributed by atoms with Crippen LogP contribution in [0.2, 0.25) is 0 Å². The van der Waals surface area contributed by atoms with Gasteiger partial charge >= 0.3 is 0 Å². The standard InChI is InChI=1S/C20H33N5O.HI/c1-5-21-19(22-12-16-13(2)24-25(4)14(16)3)23-17-15-8-11-26-18(15)20(17)9-6-7-10-20;/h15,17-18H,5-12H2,1-4H3,(H2,21,22,23);1H. The third kappa shape index (κ3) is 3.50. The molecular formula is C20H34IN5O. The third-order valence-corrected chi connectivity index (χ3v) is 6.98. The summed E-state index contributed by atoms with van der Waals surface area (Å²) in [5, 5.41) is 11.8. The summed E-state index contributed by atoms with van der Waals surface area (Å²) < 4.78 is 8.06. The molecule has 3 fully saturated rings. The minimum atomic E-state index is 0. The van der Waals surface area contributed by atoms with E-state index >= 15 is 0 Å². The number of hydrogen-bond acceptors (Lipinski definition) is 3. The number of guanidine groups is 1. The number of aliphatic imine (C=N–C) groups is 1. The molecule has 2 aliphatic carbocycles. The van der Waals surface area contributed by atoms with Crippen LogP contribution in [0.4, 0.5) is 0 Å². The first kappa shape index (κ1) is 20.9. The largest absolute Gasteiger partial charge is 0.377 e. The molecule has 2 heterocycles. The Morgan fingerprint density at radius 1 is 1.33 bits per heavy atom. The lowest BCUT2D eigenvalue weighted by Crippen LogP contribution is -2.69. The van der Waals surface area contributed by atoms with Crippen molar-refractivity contribution >= 4 is 29.9 Å². The monoisotopic (exact) mass is 487 g/mol. The van der Waals surface area contributed by atoms with Crippen molar-refractivity contribution in [2.75, 3.05) is 13.2 Å². The molecule has 0 amide bonds. The van der Waals surface area contributed by atoms with Gasteiger partial charge in [-0.05, 0) is 40.0 Å². The normalized spacial score (nSPS) is 28.6. The van der Waals surface area contributed by atoms with Crippen LogP contribution in [0, 0.1) is 25.2 Å². The highest BCUT2D eigenvalue weighted by atomic mass is 127. The van der Waals surface area contributed by atoms with Gasteiger partial charge in [-0.2, -0.15) is 5.10 Å². The van der Waals surface area contributed by atoms with Crippen LogP contribution in [0.3, 0.4) is 0 Å². The minimum Gasteiger partial charge on any atom is -0.377 e. The number of fused-ring (bicyclic) bond motifs is 2. The Labute approximate surface area is 179 Å². The average molecular weight is 487 g/mol. The molecule has 7 heteroatoms. The summed E-state index contributed by atoms with van der Waals surface area (Å²) in [7, 11) is 2.00. The predicted molar refractivity (Wildman–Crippen MR) is 119 cm³/mol. The van der Waals surface area contributed by atoms with E-state index < -0.39 is 0 Å². The van der Waals surface area contributed by atoms with Crippen molar-refractivity contribution in [2.24, 2.45) is 23.4 Å². The van der Waals surface area contributed by atoms with E-state index in [0.29, 0.717) is 30.0 Å². The van der Waals surface area contributed by atoms with Crippen molar-refractivity contribution in [1.82, 2.24) is 20.4 Å². The van der Waals surface area contributed by atoms with Gasteiger partial charge in [-0.25, -0.2) is 4.99 Å². The molecule has 2 saturated carbocycles. The lowest BCUT2D eigenvalue weighted by Gasteiger charge is -2.57. The van der Waals surface area contributed by atoms with Crippen LogP contribution in [-0.4, -0.2) is 41.0 Å². The molecule has 3 unspecified atom stereocenters. The van der Waals surface area contributed by atoms with Gasteiger partial charge in [0.1, 0.15) is 0 Å². The molecule has 4 rings (SSSR count). The lowest BCUT2D eigenvalue weighted by atomic mass is 9.54. The van der Waals surface area contributed by atoms with Gasteiger partial charge in [0.05, 0.1) is 18.3 Å². The van der Waals surface area contributed by atoms with Gasteiger partial charge in [0, 0.05) is 48.8 Å². The summed E-state index contributed by atoms with van der Waals surface area (Å²) in [4.78, 5) is 4.91. The maximum atomic E-state index is 6.11. The van der Waals surface area contributed by atoms with Gasteiger partial charge in [0.15, 0.2) is 5.96 Å². The fourth-order valence-electron chi connectivity index (χ4n) is 5.58. The minimum absolute atomic E-state index is 0. The summed E-state index contributed by atoms with van der Waals surface area (Å²) in [6.07, 6.45) is 6.94. The number of ether oxygens (including phenoxy) is 1. The molecule has 1 aromatic rings. The van der Waals surface area contributed by atoms with E-state index in [4.69, 9.17) is 9.73 Å². The summed E-state index contributed by atoms with van der Waals surface area (Å²) in [6.45, 7) is 8.79. The number of aromatic nitrogens is 2. The Morgan fingerprint density at radius 3 is 2.70 bits per heavy atom. The lowest BCUT2D eigenvalue weighted by molar-refractivity contribution is -0.125. The van der Waals surface area contributed by atoms with Crippen molar-refractivity contribution in [3.05, 3.63) is 17.0 Å². The molecule has 1 saturated heterocycles. The van der Waals surface area contributed by atoms with E-state index in [9.17, 15) is 0 Å². The maximum absolute atomic E-state index is 6.11. The fraction of sp³-hybridized carbons (Fsp3) is 0.800. The van der Waals surface area contributed by atoms with E-state index in [0.717, 1.165) is 24.8 Å². The van der Waals surface area contributed by atoms with Crippen LogP contribution < -0.4 is 10.6 Å². The van der Waals surface area contributed by atoms with Crippen LogP contribution in [-0.2, 0) is 18.3 Å². The van der Waals surface area contributed by atoms with Crippen LogP contribution in [0.15, 0.2) is 4.99 Å². The average Bonchev–Trinajstić information content (AvgIpc) is 3.31. The first-order valence-electron chi connectivity index (χ1n) is 10.2. The second kappa shape index (κ2) is 8.27. The van der Waals surface area contributed by atoms with Crippen molar-refractivity contribution in [3.8, 4) is 0 Å². The number of hydrogen-bond donors (Lipinski definition) is 2. The second-order valence-electron chi connectivity index (χ2n) is 8.27. The summed E-state index contributed by atoms with van der Waals surface area (Å²) >= 11 is 0. The van der Waals surface area contributed by atoms with Crippen molar-refractivity contribution in [3.63, 3.8) is 0 Å². The molecule has 3 aliphatic rings. The van der Waals surface area contributed by atoms with E-state index in [1.165, 1.54) is 43.4 Å². The quantitative estimate of drug-likeness (QED) is 0.390. The Balaban J connectivity index is 0.00000210. The molecule has 0 bridgehead atoms. The van der Waals surface area contributed by atoms with Gasteiger partial charge in [-0.15, -0.1) is 24.0 Å². The smallest absolute Gasteiger partial charge is 0.191 e. The van der Waals surface area contributed by atoms with Gasteiger partial charge in [-0.1, -0.05) is 12.8 Å². The highest BCUT2D eigenvalue weighted by molar-refractivity contribution is 14.0. The van der Waals surface area contributed by atoms with Crippen molar-refractivity contribution < 1.29 is 4.74 Å². The molecule has 1 spiro atoms. The molecule has 27 heavy (non-hydrogen) atoms. The number of nitrogens with one attached hydrogen (secondary N) is 2. The van der Waals surface area contributed by atoms with Crippen LogP contribution in [0.5, 0.6) is 0 Å². The molecule has 2 N–H and O–H groups in total. The molecule has 0 radical (unpaired) electrons. The molecule has 1 aliphatic heterocycles. The zero-order chi connectivity index (χ0) is 18.3. The fourth-order valence-corrected chi connectivity index (χ4v) is 5.58. The first-order chi connectivity index (χ1) is 12.6. The predicted octanol–water partition coefficient (Wildman–Crippen LogP) is 3.06. The maximum Gasteiger partial charge on any atom is 0.191 e. The molecule has 6 nitrogen and oxygen atoms in total. The molecule has 152 valence electrons. The van der Waals surface area contributed by atoms with Gasteiger partial charge < -0.3 is 15.4 Å². The molecule has 1 aromatic heterocycles. The van der Waals surface area contributed by atoms with Gasteiger partial charge in [0.2, 0.25) is 0 Å². The zero-order valence-corrected chi connectivity index (χ0v) is 19.4. The van der Waals surface area contributed by atoms with Crippen molar-refractivity contribution in [1.29, 1.82) is 0 Å². The van der Waals surface area contributed by atoms with Crippen LogP contribution in [0.1, 0.15) is 56.0 Å². The van der Waals surface area contributed by atoms with E-state index in [1.54, 1.807) is 0 Å². The summed E-state index contributed by atoms with van der Waals surface area (Å²) in [6, 6.07) is 0.506. The highest BCUT2D eigenvalue weighted by Gasteiger charge is 2.65. The third-order valence-electron chi connectivity index (χ3n) is 6.98. The Morgan fingerprint density at radius 2 is 2.07 bits per heavy atom.